The Balaban J connectivity index is 1.91. The lowest BCUT2D eigenvalue weighted by atomic mass is 10.2. The molecule has 0 radical (unpaired) electrons. The van der Waals surface area contributed by atoms with E-state index in [2.05, 4.69) is 5.32 Å². The van der Waals surface area contributed by atoms with Crippen LogP contribution in [0, 0.1) is 6.92 Å². The van der Waals surface area contributed by atoms with Crippen molar-refractivity contribution in [2.75, 3.05) is 23.3 Å². The third-order valence-corrected chi connectivity index (χ3v) is 6.52. The van der Waals surface area contributed by atoms with E-state index in [1.165, 1.54) is 31.4 Å². The first-order valence-corrected chi connectivity index (χ1v) is 11.2. The van der Waals surface area contributed by atoms with E-state index < -0.39 is 34.2 Å². The number of hydrogen-bond donors (Lipinski definition) is 1. The van der Waals surface area contributed by atoms with E-state index >= 15 is 0 Å². The molecule has 0 spiro atoms. The van der Waals surface area contributed by atoms with Crippen LogP contribution >= 0.6 is 0 Å². The summed E-state index contributed by atoms with van der Waals surface area (Å²) < 4.78 is 71.1. The number of aryl methyl sites for hydroxylation is 1. The molecular formula is C23H21F3N2O4S. The molecule has 6 nitrogen and oxygen atoms in total. The summed E-state index contributed by atoms with van der Waals surface area (Å²) in [6, 6.07) is 16.2. The molecule has 1 N–H and O–H groups in total. The molecule has 0 saturated heterocycles. The average Bonchev–Trinajstić information content (AvgIpc) is 2.77. The van der Waals surface area contributed by atoms with Crippen LogP contribution in [0.15, 0.2) is 77.7 Å². The molecule has 33 heavy (non-hydrogen) atoms. The molecular weight excluding hydrogens is 457 g/mol. The Bertz CT molecular complexity index is 1230. The number of benzene rings is 3. The quantitative estimate of drug-likeness (QED) is 0.527. The lowest BCUT2D eigenvalue weighted by Gasteiger charge is -2.24. The summed E-state index contributed by atoms with van der Waals surface area (Å²) in [5, 5.41) is 2.44. The number of rotatable bonds is 7. The Morgan fingerprint density at radius 1 is 1.00 bits per heavy atom. The Kier molecular flexibility index (Phi) is 6.97. The summed E-state index contributed by atoms with van der Waals surface area (Å²) in [4.78, 5) is 12.7. The number of anilines is 2. The maximum Gasteiger partial charge on any atom is 0.416 e. The normalized spacial score (nSPS) is 11.7. The molecule has 3 aromatic carbocycles. The van der Waals surface area contributed by atoms with Crippen LogP contribution in [-0.4, -0.2) is 28.0 Å². The fourth-order valence-corrected chi connectivity index (χ4v) is 4.40. The molecule has 0 bridgehead atoms. The third kappa shape index (κ3) is 5.83. The van der Waals surface area contributed by atoms with Crippen LogP contribution in [0.1, 0.15) is 11.1 Å². The van der Waals surface area contributed by atoms with Crippen LogP contribution < -0.4 is 14.4 Å². The van der Waals surface area contributed by atoms with E-state index in [1.807, 2.05) is 6.92 Å². The van der Waals surface area contributed by atoms with Crippen LogP contribution in [0.2, 0.25) is 0 Å². The lowest BCUT2D eigenvalue weighted by Crippen LogP contribution is -2.38. The highest BCUT2D eigenvalue weighted by Crippen LogP contribution is 2.30. The van der Waals surface area contributed by atoms with Gasteiger partial charge in [-0.3, -0.25) is 9.10 Å². The fraction of sp³-hybridized carbons (Fsp3) is 0.174. The zero-order valence-electron chi connectivity index (χ0n) is 17.8. The average molecular weight is 478 g/mol. The third-order valence-electron chi connectivity index (χ3n) is 4.73. The van der Waals surface area contributed by atoms with Crippen molar-refractivity contribution in [1.82, 2.24) is 0 Å². The van der Waals surface area contributed by atoms with Crippen molar-refractivity contribution >= 4 is 27.3 Å². The number of alkyl halides is 3. The van der Waals surface area contributed by atoms with Gasteiger partial charge in [-0.15, -0.1) is 0 Å². The van der Waals surface area contributed by atoms with Crippen molar-refractivity contribution in [1.29, 1.82) is 0 Å². The molecule has 10 heteroatoms. The molecule has 0 unspecified atom stereocenters. The topological polar surface area (TPSA) is 75.7 Å². The van der Waals surface area contributed by atoms with E-state index in [0.717, 1.165) is 34.1 Å². The molecule has 0 aliphatic rings. The van der Waals surface area contributed by atoms with Gasteiger partial charge in [0.25, 0.3) is 10.0 Å². The van der Waals surface area contributed by atoms with Crippen molar-refractivity contribution in [3.63, 3.8) is 0 Å². The number of nitrogens with one attached hydrogen (secondary N) is 1. The second-order valence-electron chi connectivity index (χ2n) is 7.15. The van der Waals surface area contributed by atoms with Gasteiger partial charge in [0, 0.05) is 11.8 Å². The number of sulfonamides is 1. The highest BCUT2D eigenvalue weighted by Gasteiger charge is 2.30. The molecule has 174 valence electrons. The van der Waals surface area contributed by atoms with Crippen molar-refractivity contribution in [2.24, 2.45) is 0 Å². The first-order valence-electron chi connectivity index (χ1n) is 9.71. The molecule has 1 amide bonds. The predicted octanol–water partition coefficient (Wildman–Crippen LogP) is 4.86. The molecule has 0 atom stereocenters. The Morgan fingerprint density at radius 2 is 1.64 bits per heavy atom. The van der Waals surface area contributed by atoms with Gasteiger partial charge >= 0.3 is 6.18 Å². The van der Waals surface area contributed by atoms with Crippen LogP contribution in [0.4, 0.5) is 24.5 Å². The van der Waals surface area contributed by atoms with Gasteiger partial charge in [0.05, 0.1) is 23.3 Å². The summed E-state index contributed by atoms with van der Waals surface area (Å²) in [7, 11) is -2.72. The summed E-state index contributed by atoms with van der Waals surface area (Å²) in [6.07, 6.45) is -4.51. The zero-order valence-corrected chi connectivity index (χ0v) is 18.6. The van der Waals surface area contributed by atoms with Crippen molar-refractivity contribution in [2.45, 2.75) is 18.0 Å². The first kappa shape index (κ1) is 24.1. The van der Waals surface area contributed by atoms with E-state index in [4.69, 9.17) is 4.74 Å². The maximum atomic E-state index is 13.4. The number of ether oxygens (including phenoxy) is 1. The molecule has 0 saturated carbocycles. The van der Waals surface area contributed by atoms with Crippen LogP contribution in [0.5, 0.6) is 5.75 Å². The number of hydrogen-bond acceptors (Lipinski definition) is 4. The molecule has 0 fully saturated rings. The number of nitrogens with zero attached hydrogens (tertiary/aromatic N) is 1. The van der Waals surface area contributed by atoms with Crippen molar-refractivity contribution in [3.8, 4) is 5.75 Å². The summed E-state index contributed by atoms with van der Waals surface area (Å²) in [6.45, 7) is 1.21. The fourth-order valence-electron chi connectivity index (χ4n) is 2.99. The van der Waals surface area contributed by atoms with Crippen molar-refractivity contribution < 1.29 is 31.1 Å². The van der Waals surface area contributed by atoms with Crippen molar-refractivity contribution in [3.05, 3.63) is 83.9 Å². The number of methoxy groups -OCH3 is 1. The monoisotopic (exact) mass is 478 g/mol. The number of carbonyl (C=O) groups is 1. The van der Waals surface area contributed by atoms with Crippen LogP contribution in [-0.2, 0) is 21.0 Å². The minimum Gasteiger partial charge on any atom is -0.497 e. The first-order chi connectivity index (χ1) is 15.5. The molecule has 3 aromatic rings. The van der Waals surface area contributed by atoms with E-state index in [9.17, 15) is 26.4 Å². The maximum absolute atomic E-state index is 13.4. The molecule has 0 aliphatic carbocycles. The minimum atomic E-state index is -4.51. The van der Waals surface area contributed by atoms with Gasteiger partial charge in [0.1, 0.15) is 12.3 Å². The Hall–Kier alpha value is -3.53. The molecule has 0 aliphatic heterocycles. The van der Waals surface area contributed by atoms with Gasteiger partial charge in [0.15, 0.2) is 0 Å². The minimum absolute atomic E-state index is 0.0155. The van der Waals surface area contributed by atoms with Gasteiger partial charge in [-0.2, -0.15) is 13.2 Å². The molecule has 0 aromatic heterocycles. The highest BCUT2D eigenvalue weighted by molar-refractivity contribution is 7.92. The zero-order chi connectivity index (χ0) is 24.2. The summed E-state index contributed by atoms with van der Waals surface area (Å²) >= 11 is 0. The number of halogens is 3. The number of amides is 1. The van der Waals surface area contributed by atoms with Crippen LogP contribution in [0.25, 0.3) is 0 Å². The van der Waals surface area contributed by atoms with Gasteiger partial charge in [0.2, 0.25) is 5.91 Å². The molecule has 3 rings (SSSR count). The Labute approximate surface area is 189 Å². The molecule has 0 heterocycles. The smallest absolute Gasteiger partial charge is 0.416 e. The number of carbonyl (C=O) groups excluding carboxylic acids is 1. The van der Waals surface area contributed by atoms with E-state index in [-0.39, 0.29) is 16.3 Å². The van der Waals surface area contributed by atoms with E-state index in [1.54, 1.807) is 24.3 Å². The summed E-state index contributed by atoms with van der Waals surface area (Å²) in [5.74, 6) is -0.340. The van der Waals surface area contributed by atoms with Gasteiger partial charge < -0.3 is 10.1 Å². The van der Waals surface area contributed by atoms with E-state index in [0.29, 0.717) is 5.75 Å². The highest BCUT2D eigenvalue weighted by atomic mass is 32.2. The van der Waals surface area contributed by atoms with Gasteiger partial charge in [-0.25, -0.2) is 8.42 Å². The van der Waals surface area contributed by atoms with Crippen LogP contribution in [0.3, 0.4) is 0 Å². The second-order valence-corrected chi connectivity index (χ2v) is 9.01. The lowest BCUT2D eigenvalue weighted by molar-refractivity contribution is -0.137. The SMILES string of the molecule is COc1cccc(N(CC(=O)Nc2ccc(C(F)(F)F)cc2)S(=O)(=O)c2ccc(C)cc2)c1. The standard InChI is InChI=1S/C23H21F3N2O4S/c1-16-6-12-21(13-7-16)33(30,31)28(19-4-3-5-20(14-19)32-2)15-22(29)27-18-10-8-17(9-11-18)23(24,25)26/h3-14H,15H2,1-2H3,(H,27,29). The predicted molar refractivity (Wildman–Crippen MR) is 119 cm³/mol. The van der Waals surface area contributed by atoms with Gasteiger partial charge in [-0.05, 0) is 55.5 Å². The largest absolute Gasteiger partial charge is 0.497 e. The second kappa shape index (κ2) is 9.53. The Morgan fingerprint density at radius 3 is 2.21 bits per heavy atom. The summed E-state index contributed by atoms with van der Waals surface area (Å²) in [5.41, 5.74) is 0.297. The van der Waals surface area contributed by atoms with Gasteiger partial charge in [-0.1, -0.05) is 23.8 Å².